The highest BCUT2D eigenvalue weighted by atomic mass is 16.1. The summed E-state index contributed by atoms with van der Waals surface area (Å²) in [6.07, 6.45) is 4.86. The van der Waals surface area contributed by atoms with Crippen LogP contribution in [0.2, 0.25) is 0 Å². The zero-order valence-corrected chi connectivity index (χ0v) is 5.50. The van der Waals surface area contributed by atoms with Gasteiger partial charge in [-0.3, -0.25) is 4.79 Å². The number of carbonyl (C=O) groups is 1. The molecule has 1 aromatic heterocycles. The first-order chi connectivity index (χ1) is 4.93. The molecule has 0 spiro atoms. The van der Waals surface area contributed by atoms with Gasteiger partial charge >= 0.3 is 0 Å². The predicted molar refractivity (Wildman–Crippen MR) is 43.1 cm³/mol. The minimum absolute atomic E-state index is 0. The molecule has 0 aliphatic heterocycles. The number of carbonyl (C=O) groups excluding carboxylic acids is 1. The van der Waals surface area contributed by atoms with E-state index in [9.17, 15) is 4.79 Å². The molecule has 1 amide bonds. The highest BCUT2D eigenvalue weighted by Gasteiger charge is 1.90. The molecule has 1 heterocycles. The topological polar surface area (TPSA) is 57.8 Å². The van der Waals surface area contributed by atoms with Crippen molar-refractivity contribution in [3.63, 3.8) is 0 Å². The quantitative estimate of drug-likeness (QED) is 0.486. The Morgan fingerprint density at radius 2 is 2.55 bits per heavy atom. The van der Waals surface area contributed by atoms with E-state index in [1.54, 1.807) is 12.5 Å². The predicted octanol–water partition coefficient (Wildman–Crippen LogP) is 0.334. The Morgan fingerprint density at radius 1 is 1.73 bits per heavy atom. The highest BCUT2D eigenvalue weighted by Crippen LogP contribution is 1.89. The van der Waals surface area contributed by atoms with Crippen LogP contribution >= 0.6 is 0 Å². The fourth-order valence-corrected chi connectivity index (χ4v) is 0.687. The summed E-state index contributed by atoms with van der Waals surface area (Å²) in [6.45, 7) is 0.658. The summed E-state index contributed by atoms with van der Waals surface area (Å²) in [4.78, 5) is 16.6. The van der Waals surface area contributed by atoms with Crippen molar-refractivity contribution in [2.24, 2.45) is 0 Å². The van der Waals surface area contributed by atoms with E-state index in [0.717, 1.165) is 12.1 Å². The molecule has 0 aromatic carbocycles. The van der Waals surface area contributed by atoms with Crippen molar-refractivity contribution in [2.45, 2.75) is 13.8 Å². The van der Waals surface area contributed by atoms with Gasteiger partial charge in [-0.05, 0) is 0 Å². The third-order valence-electron chi connectivity index (χ3n) is 1.18. The average molecular weight is 155 g/mol. The Bertz CT molecular complexity index is 184. The Kier molecular flexibility index (Phi) is 4.81. The van der Waals surface area contributed by atoms with E-state index in [0.29, 0.717) is 13.0 Å². The van der Waals surface area contributed by atoms with Gasteiger partial charge in [0, 0.05) is 24.9 Å². The van der Waals surface area contributed by atoms with Gasteiger partial charge in [-0.25, -0.2) is 4.98 Å². The van der Waals surface area contributed by atoms with Gasteiger partial charge in [0.1, 0.15) is 0 Å². The first kappa shape index (κ1) is 9.68. The van der Waals surface area contributed by atoms with Crippen LogP contribution < -0.4 is 5.32 Å². The second-order valence-electron chi connectivity index (χ2n) is 1.90. The molecule has 2 N–H and O–H groups in total. The molecule has 0 fully saturated rings. The van der Waals surface area contributed by atoms with Gasteiger partial charge in [-0.2, -0.15) is 0 Å². The molecule has 0 unspecified atom stereocenters. The van der Waals surface area contributed by atoms with Crippen LogP contribution in [0.5, 0.6) is 0 Å². The first-order valence-electron chi connectivity index (χ1n) is 3.08. The highest BCUT2D eigenvalue weighted by molar-refractivity contribution is 5.45. The SMILES string of the molecule is C.O=CNCCc1cnc[nH]1. The van der Waals surface area contributed by atoms with Crippen molar-refractivity contribution < 1.29 is 4.79 Å². The Labute approximate surface area is 66.0 Å². The maximum atomic E-state index is 9.80. The third kappa shape index (κ3) is 3.40. The summed E-state index contributed by atoms with van der Waals surface area (Å²) >= 11 is 0. The molecule has 0 saturated heterocycles. The van der Waals surface area contributed by atoms with Crippen molar-refractivity contribution in [1.29, 1.82) is 0 Å². The Hall–Kier alpha value is -1.32. The molecular formula is C7H13N3O. The lowest BCUT2D eigenvalue weighted by Gasteiger charge is -1.93. The summed E-state index contributed by atoms with van der Waals surface area (Å²) in [6, 6.07) is 0. The number of hydrogen-bond acceptors (Lipinski definition) is 2. The average Bonchev–Trinajstić information content (AvgIpc) is 2.41. The molecule has 0 saturated carbocycles. The summed E-state index contributed by atoms with van der Waals surface area (Å²) in [7, 11) is 0. The van der Waals surface area contributed by atoms with E-state index in [1.165, 1.54) is 0 Å². The standard InChI is InChI=1S/C6H9N3O.CH4/c10-5-7-2-1-6-3-8-4-9-6;/h3-5H,1-2H2,(H,7,10)(H,8,9);1H4. The van der Waals surface area contributed by atoms with Crippen LogP contribution in [0.1, 0.15) is 13.1 Å². The number of nitrogens with one attached hydrogen (secondary N) is 2. The minimum atomic E-state index is 0. The van der Waals surface area contributed by atoms with E-state index >= 15 is 0 Å². The zero-order valence-electron chi connectivity index (χ0n) is 5.50. The van der Waals surface area contributed by atoms with Crippen LogP contribution in [-0.2, 0) is 11.2 Å². The Morgan fingerprint density at radius 3 is 3.09 bits per heavy atom. The second kappa shape index (κ2) is 5.46. The van der Waals surface area contributed by atoms with Gasteiger partial charge in [-0.1, -0.05) is 7.43 Å². The smallest absolute Gasteiger partial charge is 0.207 e. The number of hydrogen-bond donors (Lipinski definition) is 2. The number of aromatic nitrogens is 2. The van der Waals surface area contributed by atoms with Gasteiger partial charge in [-0.15, -0.1) is 0 Å². The molecule has 4 heteroatoms. The summed E-state index contributed by atoms with van der Waals surface area (Å²) in [5, 5.41) is 2.56. The number of H-pyrrole nitrogens is 1. The van der Waals surface area contributed by atoms with Gasteiger partial charge < -0.3 is 10.3 Å². The summed E-state index contributed by atoms with van der Waals surface area (Å²) in [5.41, 5.74) is 1.04. The van der Waals surface area contributed by atoms with Crippen LogP contribution in [0.3, 0.4) is 0 Å². The van der Waals surface area contributed by atoms with Gasteiger partial charge in [0.25, 0.3) is 0 Å². The van der Waals surface area contributed by atoms with Gasteiger partial charge in [0.05, 0.1) is 6.33 Å². The fourth-order valence-electron chi connectivity index (χ4n) is 0.687. The van der Waals surface area contributed by atoms with E-state index in [1.807, 2.05) is 0 Å². The van der Waals surface area contributed by atoms with Crippen LogP contribution in [0.25, 0.3) is 0 Å². The second-order valence-corrected chi connectivity index (χ2v) is 1.90. The number of amides is 1. The van der Waals surface area contributed by atoms with Crippen molar-refractivity contribution in [3.8, 4) is 0 Å². The molecule has 0 aliphatic carbocycles. The monoisotopic (exact) mass is 155 g/mol. The van der Waals surface area contributed by atoms with E-state index in [-0.39, 0.29) is 7.43 Å². The van der Waals surface area contributed by atoms with Crippen molar-refractivity contribution in [3.05, 3.63) is 18.2 Å². The van der Waals surface area contributed by atoms with E-state index in [2.05, 4.69) is 15.3 Å². The van der Waals surface area contributed by atoms with Crippen LogP contribution in [0.15, 0.2) is 12.5 Å². The number of nitrogens with zero attached hydrogens (tertiary/aromatic N) is 1. The zero-order chi connectivity index (χ0) is 7.23. The maximum Gasteiger partial charge on any atom is 0.207 e. The normalized spacial score (nSPS) is 8.36. The van der Waals surface area contributed by atoms with Crippen LogP contribution in [0.4, 0.5) is 0 Å². The van der Waals surface area contributed by atoms with Crippen molar-refractivity contribution >= 4 is 6.41 Å². The molecule has 4 nitrogen and oxygen atoms in total. The summed E-state index contributed by atoms with van der Waals surface area (Å²) < 4.78 is 0. The lowest BCUT2D eigenvalue weighted by atomic mass is 10.3. The molecule has 1 rings (SSSR count). The molecule has 0 atom stereocenters. The molecule has 1 aromatic rings. The molecular weight excluding hydrogens is 142 g/mol. The molecule has 62 valence electrons. The van der Waals surface area contributed by atoms with Crippen molar-refractivity contribution in [1.82, 2.24) is 15.3 Å². The molecule has 11 heavy (non-hydrogen) atoms. The first-order valence-corrected chi connectivity index (χ1v) is 3.08. The van der Waals surface area contributed by atoms with E-state index in [4.69, 9.17) is 0 Å². The maximum absolute atomic E-state index is 9.80. The number of aromatic amines is 1. The molecule has 0 aliphatic rings. The molecule has 0 bridgehead atoms. The minimum Gasteiger partial charge on any atom is -0.358 e. The fraction of sp³-hybridized carbons (Fsp3) is 0.429. The number of imidazole rings is 1. The third-order valence-corrected chi connectivity index (χ3v) is 1.18. The largest absolute Gasteiger partial charge is 0.358 e. The summed E-state index contributed by atoms with van der Waals surface area (Å²) in [5.74, 6) is 0. The Balaban J connectivity index is 0.000001000. The lowest BCUT2D eigenvalue weighted by molar-refractivity contribution is -0.109. The lowest BCUT2D eigenvalue weighted by Crippen LogP contribution is -2.14. The van der Waals surface area contributed by atoms with Crippen LogP contribution in [0, 0.1) is 0 Å². The van der Waals surface area contributed by atoms with Gasteiger partial charge in [0.2, 0.25) is 6.41 Å². The van der Waals surface area contributed by atoms with Crippen LogP contribution in [-0.4, -0.2) is 22.9 Å². The number of rotatable bonds is 4. The van der Waals surface area contributed by atoms with Gasteiger partial charge in [0.15, 0.2) is 0 Å². The van der Waals surface area contributed by atoms with Crippen molar-refractivity contribution in [2.75, 3.05) is 6.54 Å². The van der Waals surface area contributed by atoms with E-state index < -0.39 is 0 Å². The molecule has 0 radical (unpaired) electrons.